The van der Waals surface area contributed by atoms with Crippen LogP contribution in [0.15, 0.2) is 42.7 Å². The van der Waals surface area contributed by atoms with Gasteiger partial charge in [-0.3, -0.25) is 15.0 Å². The number of urea groups is 1. The molecule has 1 fully saturated rings. The van der Waals surface area contributed by atoms with E-state index >= 15 is 0 Å². The molecular weight excluding hydrogens is 393 g/mol. The number of benzene rings is 1. The van der Waals surface area contributed by atoms with E-state index in [0.29, 0.717) is 31.7 Å². The van der Waals surface area contributed by atoms with Gasteiger partial charge in [-0.25, -0.2) is 14.7 Å². The molecule has 4 N–H and O–H groups in total. The summed E-state index contributed by atoms with van der Waals surface area (Å²) >= 11 is 0. The maximum Gasteiger partial charge on any atom is 0.318 e. The van der Waals surface area contributed by atoms with Crippen LogP contribution in [0, 0.1) is 5.82 Å². The first-order chi connectivity index (χ1) is 14.4. The van der Waals surface area contributed by atoms with Gasteiger partial charge in [0.25, 0.3) is 5.91 Å². The van der Waals surface area contributed by atoms with Crippen molar-refractivity contribution in [3.63, 3.8) is 0 Å². The lowest BCUT2D eigenvalue weighted by atomic mass is 10.1. The minimum absolute atomic E-state index is 0.379. The Morgan fingerprint density at radius 2 is 1.80 bits per heavy atom. The van der Waals surface area contributed by atoms with Crippen LogP contribution in [-0.2, 0) is 4.79 Å². The number of pyridine rings is 1. The Morgan fingerprint density at radius 3 is 2.37 bits per heavy atom. The molecule has 0 bridgehead atoms. The zero-order valence-electron chi connectivity index (χ0n) is 16.5. The fraction of sp³-hybridized carbons (Fsp3) is 0.350. The number of aliphatic hydroxyl groups excluding tert-OH is 1. The molecule has 2 atom stereocenters. The molecular formula is C20H24FN5O4. The Hall–Kier alpha value is -3.24. The van der Waals surface area contributed by atoms with Crippen LogP contribution in [0.2, 0.25) is 0 Å². The molecule has 2 heterocycles. The van der Waals surface area contributed by atoms with E-state index in [9.17, 15) is 19.1 Å². The summed E-state index contributed by atoms with van der Waals surface area (Å²) in [4.78, 5) is 31.4. The number of amides is 3. The number of hydrogen-bond donors (Lipinski definition) is 4. The van der Waals surface area contributed by atoms with Crippen molar-refractivity contribution in [2.45, 2.75) is 19.1 Å². The topological polar surface area (TPSA) is 118 Å². The summed E-state index contributed by atoms with van der Waals surface area (Å²) < 4.78 is 13.9. The molecule has 0 saturated carbocycles. The van der Waals surface area contributed by atoms with Crippen LogP contribution in [0.4, 0.5) is 14.9 Å². The normalized spacial score (nSPS) is 16.0. The van der Waals surface area contributed by atoms with Crippen molar-refractivity contribution in [1.29, 1.82) is 0 Å². The molecule has 3 amide bonds. The van der Waals surface area contributed by atoms with Crippen molar-refractivity contribution < 1.29 is 24.3 Å². The number of rotatable bonds is 5. The highest BCUT2D eigenvalue weighted by molar-refractivity contribution is 5.87. The fourth-order valence-corrected chi connectivity index (χ4v) is 3.33. The van der Waals surface area contributed by atoms with Crippen LogP contribution in [0.25, 0.3) is 11.1 Å². The number of aliphatic hydroxyl groups is 1. The summed E-state index contributed by atoms with van der Waals surface area (Å²) in [6, 6.07) is 7.37. The van der Waals surface area contributed by atoms with Gasteiger partial charge in [0.05, 0.1) is 12.3 Å². The van der Waals surface area contributed by atoms with E-state index in [4.69, 9.17) is 5.21 Å². The summed E-state index contributed by atoms with van der Waals surface area (Å²) in [5.74, 6) is -1.27. The van der Waals surface area contributed by atoms with Crippen molar-refractivity contribution in [2.24, 2.45) is 0 Å². The number of hydrogen-bond acceptors (Lipinski definition) is 6. The number of carbonyl (C=O) groups is 2. The van der Waals surface area contributed by atoms with Crippen LogP contribution in [-0.4, -0.2) is 70.5 Å². The van der Waals surface area contributed by atoms with E-state index in [1.165, 1.54) is 23.5 Å². The quantitative estimate of drug-likeness (QED) is 0.425. The van der Waals surface area contributed by atoms with E-state index in [1.807, 2.05) is 24.3 Å². The van der Waals surface area contributed by atoms with Gasteiger partial charge in [0, 0.05) is 43.6 Å². The van der Waals surface area contributed by atoms with E-state index < -0.39 is 24.1 Å². The second-order valence-corrected chi connectivity index (χ2v) is 7.02. The van der Waals surface area contributed by atoms with Gasteiger partial charge >= 0.3 is 6.03 Å². The lowest BCUT2D eigenvalue weighted by molar-refractivity contribution is -0.133. The molecule has 160 valence electrons. The van der Waals surface area contributed by atoms with E-state index in [1.54, 1.807) is 12.3 Å². The van der Waals surface area contributed by atoms with Gasteiger partial charge in [-0.1, -0.05) is 12.1 Å². The summed E-state index contributed by atoms with van der Waals surface area (Å²) in [6.45, 7) is 3.32. The van der Waals surface area contributed by atoms with Crippen LogP contribution in [0.5, 0.6) is 0 Å². The lowest BCUT2D eigenvalue weighted by Gasteiger charge is -2.36. The zero-order chi connectivity index (χ0) is 21.7. The third-order valence-corrected chi connectivity index (χ3v) is 5.04. The molecule has 1 aliphatic rings. The maximum absolute atomic E-state index is 13.9. The van der Waals surface area contributed by atoms with Crippen LogP contribution < -0.4 is 15.7 Å². The second-order valence-electron chi connectivity index (χ2n) is 7.02. The summed E-state index contributed by atoms with van der Waals surface area (Å²) in [7, 11) is 0. The Bertz CT molecular complexity index is 885. The second kappa shape index (κ2) is 9.51. The van der Waals surface area contributed by atoms with Gasteiger partial charge in [0.15, 0.2) is 0 Å². The molecule has 2 aromatic rings. The minimum Gasteiger partial charge on any atom is -0.391 e. The highest BCUT2D eigenvalue weighted by atomic mass is 19.1. The Kier molecular flexibility index (Phi) is 6.80. The van der Waals surface area contributed by atoms with Gasteiger partial charge in [0.2, 0.25) is 0 Å². The van der Waals surface area contributed by atoms with Gasteiger partial charge in [-0.2, -0.15) is 0 Å². The third-order valence-electron chi connectivity index (χ3n) is 5.04. The molecule has 1 saturated heterocycles. The molecule has 1 aromatic heterocycles. The number of aromatic nitrogens is 1. The minimum atomic E-state index is -1.25. The van der Waals surface area contributed by atoms with Gasteiger partial charge in [0.1, 0.15) is 11.9 Å². The van der Waals surface area contributed by atoms with E-state index in [-0.39, 0.29) is 5.82 Å². The highest BCUT2D eigenvalue weighted by Gasteiger charge is 2.29. The largest absolute Gasteiger partial charge is 0.391 e. The molecule has 0 radical (unpaired) electrons. The first-order valence-electron chi connectivity index (χ1n) is 9.53. The Morgan fingerprint density at radius 1 is 1.13 bits per heavy atom. The first kappa shape index (κ1) is 21.5. The lowest BCUT2D eigenvalue weighted by Crippen LogP contribution is -2.58. The van der Waals surface area contributed by atoms with E-state index in [2.05, 4.69) is 15.2 Å². The Balaban J connectivity index is 1.58. The third kappa shape index (κ3) is 4.84. The van der Waals surface area contributed by atoms with Gasteiger partial charge in [-0.15, -0.1) is 0 Å². The predicted molar refractivity (Wildman–Crippen MR) is 107 cm³/mol. The monoisotopic (exact) mass is 417 g/mol. The molecule has 0 aliphatic carbocycles. The van der Waals surface area contributed by atoms with Crippen molar-refractivity contribution >= 4 is 17.6 Å². The number of nitrogens with zero attached hydrogens (tertiary/aromatic N) is 3. The molecule has 0 unspecified atom stereocenters. The number of halogens is 1. The summed E-state index contributed by atoms with van der Waals surface area (Å²) in [5.41, 5.74) is 3.63. The van der Waals surface area contributed by atoms with Crippen molar-refractivity contribution in [2.75, 3.05) is 31.1 Å². The Labute approximate surface area is 173 Å². The standard InChI is InChI=1S/C20H24FN5O4/c1-13(27)18(19(28)24-30)23-20(29)26-10-8-25(9-11-26)15-4-2-14(3-5-15)16-6-7-22-12-17(16)21/h2-7,12-13,18,27,30H,8-11H2,1H3,(H,23,29)(H,24,28)/t13-,18+/m1/s1. The molecule has 1 aromatic carbocycles. The molecule has 30 heavy (non-hydrogen) atoms. The molecule has 1 aliphatic heterocycles. The number of piperazine rings is 1. The van der Waals surface area contributed by atoms with Crippen LogP contribution >= 0.6 is 0 Å². The molecule has 0 spiro atoms. The number of anilines is 1. The van der Waals surface area contributed by atoms with Gasteiger partial charge < -0.3 is 20.2 Å². The van der Waals surface area contributed by atoms with E-state index in [0.717, 1.165) is 11.3 Å². The van der Waals surface area contributed by atoms with Gasteiger partial charge in [-0.05, 0) is 30.7 Å². The SMILES string of the molecule is C[C@@H](O)[C@H](NC(=O)N1CCN(c2ccc(-c3ccncc3F)cc2)CC1)C(=O)NO. The maximum atomic E-state index is 13.9. The predicted octanol–water partition coefficient (Wildman–Crippen LogP) is 0.974. The number of nitrogens with one attached hydrogen (secondary N) is 2. The van der Waals surface area contributed by atoms with Crippen molar-refractivity contribution in [1.82, 2.24) is 20.7 Å². The van der Waals surface area contributed by atoms with Crippen molar-refractivity contribution in [3.05, 3.63) is 48.5 Å². The number of hydroxylamine groups is 1. The summed E-state index contributed by atoms with van der Waals surface area (Å²) in [5, 5.41) is 20.8. The molecule has 9 nitrogen and oxygen atoms in total. The van der Waals surface area contributed by atoms with Crippen LogP contribution in [0.3, 0.4) is 0 Å². The molecule has 3 rings (SSSR count). The number of carbonyl (C=O) groups excluding carboxylic acids is 2. The zero-order valence-corrected chi connectivity index (χ0v) is 16.5. The fourth-order valence-electron chi connectivity index (χ4n) is 3.33. The first-order valence-corrected chi connectivity index (χ1v) is 9.53. The van der Waals surface area contributed by atoms with Crippen LogP contribution in [0.1, 0.15) is 6.92 Å². The average molecular weight is 417 g/mol. The molecule has 10 heteroatoms. The smallest absolute Gasteiger partial charge is 0.318 e. The average Bonchev–Trinajstić information content (AvgIpc) is 2.77. The highest BCUT2D eigenvalue weighted by Crippen LogP contribution is 2.25. The van der Waals surface area contributed by atoms with Crippen molar-refractivity contribution in [3.8, 4) is 11.1 Å². The summed E-state index contributed by atoms with van der Waals surface area (Å²) in [6.07, 6.45) is 1.56.